The van der Waals surface area contributed by atoms with E-state index in [0.717, 1.165) is 26.3 Å². The Hall–Kier alpha value is -1.34. The van der Waals surface area contributed by atoms with E-state index in [1.807, 2.05) is 14.1 Å². The van der Waals surface area contributed by atoms with Crippen LogP contribution in [0.2, 0.25) is 0 Å². The maximum atomic E-state index is 5.56. The summed E-state index contributed by atoms with van der Waals surface area (Å²) in [6, 6.07) is 0. The molecule has 0 saturated heterocycles. The molecule has 0 amide bonds. The summed E-state index contributed by atoms with van der Waals surface area (Å²) in [7, 11) is 4.07. The molecule has 2 atom stereocenters. The van der Waals surface area contributed by atoms with Gasteiger partial charge in [0.05, 0.1) is 26.4 Å². The van der Waals surface area contributed by atoms with Crippen molar-refractivity contribution in [3.63, 3.8) is 0 Å². The molecule has 0 saturated carbocycles. The molecule has 2 N–H and O–H groups in total. The van der Waals surface area contributed by atoms with Gasteiger partial charge in [0.15, 0.2) is 12.4 Å². The zero-order chi connectivity index (χ0) is 14.2. The molecular formula is C14H26N4O2+4. The maximum absolute atomic E-state index is 5.56. The van der Waals surface area contributed by atoms with Crippen molar-refractivity contribution in [2.75, 3.05) is 53.6 Å². The predicted octanol–water partition coefficient (Wildman–Crippen LogP) is -2.90. The lowest BCUT2D eigenvalue weighted by atomic mass is 10.6. The molecule has 0 aliphatic carbocycles. The van der Waals surface area contributed by atoms with Gasteiger partial charge in [-0.1, -0.05) is 0 Å². The van der Waals surface area contributed by atoms with Gasteiger partial charge in [-0.2, -0.15) is 9.15 Å². The van der Waals surface area contributed by atoms with Gasteiger partial charge in [0.2, 0.25) is 12.4 Å². The van der Waals surface area contributed by atoms with Crippen LogP contribution in [0, 0.1) is 0 Å². The Kier molecular flexibility index (Phi) is 6.07. The monoisotopic (exact) mass is 282 g/mol. The fourth-order valence-corrected chi connectivity index (χ4v) is 2.12. The fraction of sp³-hybridized carbons (Fsp3) is 0.571. The Morgan fingerprint density at radius 2 is 1.20 bits per heavy atom. The minimum absolute atomic E-state index is 0.668. The lowest BCUT2D eigenvalue weighted by molar-refractivity contribution is -0.750. The number of nitrogens with one attached hydrogen (secondary N) is 2. The van der Waals surface area contributed by atoms with Crippen molar-refractivity contribution in [1.29, 1.82) is 0 Å². The summed E-state index contributed by atoms with van der Waals surface area (Å²) in [5, 5.41) is 0. The van der Waals surface area contributed by atoms with E-state index in [0.29, 0.717) is 13.2 Å². The zero-order valence-electron chi connectivity index (χ0n) is 12.4. The van der Waals surface area contributed by atoms with Crippen molar-refractivity contribution in [2.45, 2.75) is 0 Å². The third-order valence-corrected chi connectivity index (χ3v) is 3.23. The standard InChI is InChI=1S/C14H24N4O2/c1-15-3-5-17(13-15)7-9-19-11-12-20-10-8-18-6-4-16(2)14-18/h3-6,13-14H,7-12H2,1-2H3/q+2/p+2. The third-order valence-electron chi connectivity index (χ3n) is 3.23. The van der Waals surface area contributed by atoms with Crippen molar-refractivity contribution in [3.05, 3.63) is 24.8 Å². The lowest BCUT2D eigenvalue weighted by Gasteiger charge is -2.06. The van der Waals surface area contributed by atoms with E-state index < -0.39 is 0 Å². The lowest BCUT2D eigenvalue weighted by Crippen LogP contribution is -3.06. The highest BCUT2D eigenvalue weighted by Gasteiger charge is 2.14. The normalized spacial score (nSPS) is 24.3. The molecular weight excluding hydrogens is 256 g/mol. The first kappa shape index (κ1) is 15.1. The molecule has 2 rings (SSSR count). The van der Waals surface area contributed by atoms with Gasteiger partial charge in [0.1, 0.15) is 27.2 Å². The van der Waals surface area contributed by atoms with Crippen LogP contribution in [0.5, 0.6) is 0 Å². The zero-order valence-corrected chi connectivity index (χ0v) is 12.4. The molecule has 6 nitrogen and oxygen atoms in total. The SMILES string of the molecule is C[N+]1=C[NH+](CCOCCOCC[NH+]2C=C[N+](C)=C2)C=C1. The van der Waals surface area contributed by atoms with Crippen LogP contribution in [0.4, 0.5) is 0 Å². The minimum atomic E-state index is 0.668. The highest BCUT2D eigenvalue weighted by Crippen LogP contribution is 1.78. The van der Waals surface area contributed by atoms with Gasteiger partial charge >= 0.3 is 12.7 Å². The average Bonchev–Trinajstić information content (AvgIpc) is 3.02. The summed E-state index contributed by atoms with van der Waals surface area (Å²) in [6.45, 7) is 4.77. The Morgan fingerprint density at radius 3 is 1.55 bits per heavy atom. The molecule has 110 valence electrons. The second-order valence-electron chi connectivity index (χ2n) is 5.10. The van der Waals surface area contributed by atoms with Crippen LogP contribution in [0.1, 0.15) is 0 Å². The molecule has 0 aromatic carbocycles. The van der Waals surface area contributed by atoms with Crippen LogP contribution >= 0.6 is 0 Å². The Labute approximate surface area is 120 Å². The summed E-state index contributed by atoms with van der Waals surface area (Å²) in [5.41, 5.74) is 0. The van der Waals surface area contributed by atoms with Gasteiger partial charge in [-0.3, -0.25) is 0 Å². The van der Waals surface area contributed by atoms with Gasteiger partial charge in [-0.25, -0.2) is 9.80 Å². The first-order valence-electron chi connectivity index (χ1n) is 7.11. The summed E-state index contributed by atoms with van der Waals surface area (Å²) in [5.74, 6) is 0. The number of ether oxygens (including phenoxy) is 2. The molecule has 2 aliphatic rings. The smallest absolute Gasteiger partial charge is 0.335 e. The van der Waals surface area contributed by atoms with Crippen LogP contribution in [0.15, 0.2) is 24.8 Å². The van der Waals surface area contributed by atoms with Gasteiger partial charge in [-0.15, -0.1) is 0 Å². The largest absolute Gasteiger partial charge is 0.373 e. The second-order valence-corrected chi connectivity index (χ2v) is 5.10. The van der Waals surface area contributed by atoms with Crippen LogP contribution in [-0.2, 0) is 9.47 Å². The van der Waals surface area contributed by atoms with Crippen molar-refractivity contribution in [2.24, 2.45) is 0 Å². The van der Waals surface area contributed by atoms with Crippen molar-refractivity contribution < 1.29 is 28.4 Å². The first-order chi connectivity index (χ1) is 9.74. The molecule has 2 heterocycles. The molecule has 2 aliphatic heterocycles. The number of hydrogen-bond acceptors (Lipinski definition) is 2. The Morgan fingerprint density at radius 1 is 0.750 bits per heavy atom. The number of quaternary nitrogens is 2. The highest BCUT2D eigenvalue weighted by molar-refractivity contribution is 5.39. The summed E-state index contributed by atoms with van der Waals surface area (Å²) >= 11 is 0. The van der Waals surface area contributed by atoms with Gasteiger partial charge in [-0.05, 0) is 0 Å². The van der Waals surface area contributed by atoms with Gasteiger partial charge in [0, 0.05) is 0 Å². The Bertz CT molecular complexity index is 389. The van der Waals surface area contributed by atoms with Crippen LogP contribution < -0.4 is 9.80 Å². The molecule has 6 heteroatoms. The molecule has 2 unspecified atom stereocenters. The molecule has 0 radical (unpaired) electrons. The van der Waals surface area contributed by atoms with Crippen molar-refractivity contribution >= 4 is 12.7 Å². The van der Waals surface area contributed by atoms with E-state index in [1.54, 1.807) is 0 Å². The van der Waals surface area contributed by atoms with Crippen molar-refractivity contribution in [1.82, 2.24) is 0 Å². The summed E-state index contributed by atoms with van der Waals surface area (Å²) < 4.78 is 15.2. The summed E-state index contributed by atoms with van der Waals surface area (Å²) in [6.07, 6.45) is 12.6. The van der Waals surface area contributed by atoms with E-state index >= 15 is 0 Å². The summed E-state index contributed by atoms with van der Waals surface area (Å²) in [4.78, 5) is 2.63. The van der Waals surface area contributed by atoms with Crippen LogP contribution in [0.25, 0.3) is 0 Å². The maximum Gasteiger partial charge on any atom is 0.335 e. The first-order valence-corrected chi connectivity index (χ1v) is 7.11. The van der Waals surface area contributed by atoms with E-state index in [1.165, 1.54) is 9.80 Å². The van der Waals surface area contributed by atoms with Crippen molar-refractivity contribution in [3.8, 4) is 0 Å². The molecule has 0 fully saturated rings. The topological polar surface area (TPSA) is 33.4 Å². The molecule has 0 aromatic heterocycles. The van der Waals surface area contributed by atoms with E-state index in [4.69, 9.17) is 9.47 Å². The third kappa shape index (κ3) is 5.34. The van der Waals surface area contributed by atoms with Gasteiger partial charge in [0.25, 0.3) is 0 Å². The van der Waals surface area contributed by atoms with Crippen LogP contribution in [0.3, 0.4) is 0 Å². The quantitative estimate of drug-likeness (QED) is 0.351. The highest BCUT2D eigenvalue weighted by atomic mass is 16.5. The molecule has 0 spiro atoms. The number of nitrogens with zero attached hydrogens (tertiary/aromatic N) is 2. The number of rotatable bonds is 9. The fourth-order valence-electron chi connectivity index (χ4n) is 2.12. The van der Waals surface area contributed by atoms with E-state index in [9.17, 15) is 0 Å². The van der Waals surface area contributed by atoms with Gasteiger partial charge < -0.3 is 9.47 Å². The second kappa shape index (κ2) is 8.06. The minimum Gasteiger partial charge on any atom is -0.373 e. The Balaban J connectivity index is 1.39. The number of hydrogen-bond donors (Lipinski definition) is 2. The molecule has 0 aromatic rings. The predicted molar refractivity (Wildman–Crippen MR) is 76.1 cm³/mol. The molecule has 20 heavy (non-hydrogen) atoms. The van der Waals surface area contributed by atoms with E-state index in [2.05, 4.69) is 46.6 Å². The molecule has 0 bridgehead atoms. The van der Waals surface area contributed by atoms with E-state index in [-0.39, 0.29) is 0 Å². The van der Waals surface area contributed by atoms with Crippen LogP contribution in [-0.4, -0.2) is 75.4 Å². The average molecular weight is 282 g/mol.